The van der Waals surface area contributed by atoms with E-state index in [2.05, 4.69) is 25.9 Å². The molecule has 0 saturated heterocycles. The van der Waals surface area contributed by atoms with E-state index in [1.54, 1.807) is 43.3 Å². The fourth-order valence-corrected chi connectivity index (χ4v) is 2.99. The van der Waals surface area contributed by atoms with Crippen LogP contribution < -0.4 is 9.47 Å². The summed E-state index contributed by atoms with van der Waals surface area (Å²) in [7, 11) is 1.51. The van der Waals surface area contributed by atoms with Crippen molar-refractivity contribution in [2.45, 2.75) is 13.5 Å². The van der Waals surface area contributed by atoms with Gasteiger partial charge in [-0.2, -0.15) is 0 Å². The van der Waals surface area contributed by atoms with Crippen molar-refractivity contribution >= 4 is 33.7 Å². The van der Waals surface area contributed by atoms with Gasteiger partial charge in [-0.3, -0.25) is 0 Å². The largest absolute Gasteiger partial charge is 0.493 e. The summed E-state index contributed by atoms with van der Waals surface area (Å²) in [6.45, 7) is 1.75. The van der Waals surface area contributed by atoms with E-state index in [9.17, 15) is 9.18 Å². The van der Waals surface area contributed by atoms with Crippen molar-refractivity contribution in [3.8, 4) is 11.5 Å². The molecule has 1 heterocycles. The molecule has 1 aliphatic rings. The summed E-state index contributed by atoms with van der Waals surface area (Å²) in [4.78, 5) is 16.3. The van der Waals surface area contributed by atoms with E-state index in [1.807, 2.05) is 0 Å². The fraction of sp³-hybridized carbons (Fsp3) is 0.158. The van der Waals surface area contributed by atoms with Crippen molar-refractivity contribution in [1.82, 2.24) is 0 Å². The molecule has 0 fully saturated rings. The Morgan fingerprint density at radius 1 is 1.31 bits per heavy atom. The molecular weight excluding hydrogens is 405 g/mol. The molecule has 0 aromatic heterocycles. The van der Waals surface area contributed by atoms with E-state index in [-0.39, 0.29) is 12.4 Å². The number of carbonyl (C=O) groups is 1. The summed E-state index contributed by atoms with van der Waals surface area (Å²) in [6, 6.07) is 9.89. The molecule has 0 unspecified atom stereocenters. The van der Waals surface area contributed by atoms with Gasteiger partial charge in [0.15, 0.2) is 11.5 Å². The summed E-state index contributed by atoms with van der Waals surface area (Å²) in [5.41, 5.74) is 2.02. The van der Waals surface area contributed by atoms with Crippen LogP contribution >= 0.6 is 15.9 Å². The molecule has 3 rings (SSSR count). The molecule has 134 valence electrons. The number of hydrogen-bond donors (Lipinski definition) is 0. The first kappa shape index (κ1) is 18.1. The maximum absolute atomic E-state index is 13.8. The van der Waals surface area contributed by atoms with Gasteiger partial charge in [-0.1, -0.05) is 23.4 Å². The number of nitrogens with zero attached hydrogens (tertiary/aromatic N) is 1. The van der Waals surface area contributed by atoms with Gasteiger partial charge in [-0.15, -0.1) is 0 Å². The van der Waals surface area contributed by atoms with Gasteiger partial charge >= 0.3 is 5.97 Å². The molecule has 2 aromatic rings. The van der Waals surface area contributed by atoms with Crippen LogP contribution in [0.5, 0.6) is 11.5 Å². The second-order valence-corrected chi connectivity index (χ2v) is 6.38. The van der Waals surface area contributed by atoms with E-state index >= 15 is 0 Å². The highest BCUT2D eigenvalue weighted by Gasteiger charge is 2.22. The Kier molecular flexibility index (Phi) is 5.37. The Bertz CT molecular complexity index is 924. The zero-order valence-corrected chi connectivity index (χ0v) is 15.7. The van der Waals surface area contributed by atoms with Crippen molar-refractivity contribution in [2.75, 3.05) is 7.11 Å². The third kappa shape index (κ3) is 3.77. The second kappa shape index (κ2) is 7.70. The van der Waals surface area contributed by atoms with Crippen LogP contribution in [0.3, 0.4) is 0 Å². The number of hydrogen-bond acceptors (Lipinski definition) is 5. The smallest absolute Gasteiger partial charge is 0.367 e. The third-order valence-electron chi connectivity index (χ3n) is 3.77. The van der Waals surface area contributed by atoms with Crippen LogP contribution in [0, 0.1) is 5.82 Å². The number of methoxy groups -OCH3 is 1. The van der Waals surface area contributed by atoms with Gasteiger partial charge in [0.2, 0.25) is 0 Å². The second-order valence-electron chi connectivity index (χ2n) is 5.53. The lowest BCUT2D eigenvalue weighted by molar-refractivity contribution is -0.136. The van der Waals surface area contributed by atoms with Crippen molar-refractivity contribution < 1.29 is 23.5 Å². The lowest BCUT2D eigenvalue weighted by Crippen LogP contribution is -2.03. The predicted octanol–water partition coefficient (Wildman–Crippen LogP) is 4.49. The minimum absolute atomic E-state index is 0.0557. The third-order valence-corrected chi connectivity index (χ3v) is 4.36. The van der Waals surface area contributed by atoms with Crippen LogP contribution in [-0.2, 0) is 16.2 Å². The quantitative estimate of drug-likeness (QED) is 0.529. The first-order valence-corrected chi connectivity index (χ1v) is 8.50. The minimum Gasteiger partial charge on any atom is -0.493 e. The summed E-state index contributed by atoms with van der Waals surface area (Å²) >= 11 is 3.44. The summed E-state index contributed by atoms with van der Waals surface area (Å²) < 4.78 is 25.5. The molecule has 0 bridgehead atoms. The van der Waals surface area contributed by atoms with Crippen LogP contribution in [0.1, 0.15) is 18.1 Å². The van der Waals surface area contributed by atoms with Crippen LogP contribution in [0.15, 0.2) is 51.6 Å². The molecule has 5 nitrogen and oxygen atoms in total. The monoisotopic (exact) mass is 419 g/mol. The van der Waals surface area contributed by atoms with Crippen LogP contribution in [0.25, 0.3) is 6.08 Å². The molecule has 0 spiro atoms. The van der Waals surface area contributed by atoms with Crippen LogP contribution in [0.4, 0.5) is 4.39 Å². The number of benzene rings is 2. The van der Waals surface area contributed by atoms with E-state index < -0.39 is 5.97 Å². The topological polar surface area (TPSA) is 57.1 Å². The van der Waals surface area contributed by atoms with E-state index in [0.717, 1.165) is 0 Å². The van der Waals surface area contributed by atoms with Crippen molar-refractivity contribution in [3.63, 3.8) is 0 Å². The molecule has 0 saturated carbocycles. The highest BCUT2D eigenvalue weighted by atomic mass is 79.9. The van der Waals surface area contributed by atoms with Gasteiger partial charge in [0, 0.05) is 5.56 Å². The number of ether oxygens (including phenoxy) is 2. The molecule has 0 radical (unpaired) electrons. The van der Waals surface area contributed by atoms with E-state index in [4.69, 9.17) is 9.47 Å². The molecule has 1 aliphatic heterocycles. The van der Waals surface area contributed by atoms with E-state index in [0.29, 0.717) is 38.4 Å². The molecule has 0 N–H and O–H groups in total. The SMILES string of the molecule is COc1cc(/C=C2/C(=O)ON=C2C)cc(Br)c1OCc1ccccc1F. The normalized spacial score (nSPS) is 15.0. The first-order chi connectivity index (χ1) is 12.5. The first-order valence-electron chi connectivity index (χ1n) is 7.71. The number of oxime groups is 1. The highest BCUT2D eigenvalue weighted by Crippen LogP contribution is 2.38. The number of carbonyl (C=O) groups excluding carboxylic acids is 1. The average molecular weight is 420 g/mol. The zero-order chi connectivity index (χ0) is 18.7. The van der Waals surface area contributed by atoms with E-state index in [1.165, 1.54) is 13.2 Å². The maximum atomic E-state index is 13.8. The van der Waals surface area contributed by atoms with Crippen LogP contribution in [0.2, 0.25) is 0 Å². The van der Waals surface area contributed by atoms with Crippen molar-refractivity contribution in [2.24, 2.45) is 5.16 Å². The van der Waals surface area contributed by atoms with Crippen molar-refractivity contribution in [1.29, 1.82) is 0 Å². The summed E-state index contributed by atoms with van der Waals surface area (Å²) in [5.74, 6) is 0.0525. The Hall–Kier alpha value is -2.67. The van der Waals surface area contributed by atoms with Gasteiger partial charge in [-0.25, -0.2) is 9.18 Å². The molecule has 26 heavy (non-hydrogen) atoms. The summed E-state index contributed by atoms with van der Waals surface area (Å²) in [5, 5.41) is 3.64. The molecule has 0 atom stereocenters. The zero-order valence-electron chi connectivity index (χ0n) is 14.1. The maximum Gasteiger partial charge on any atom is 0.367 e. The fourth-order valence-electron chi connectivity index (χ4n) is 2.41. The Morgan fingerprint density at radius 3 is 2.73 bits per heavy atom. The Labute approximate surface area is 158 Å². The molecule has 2 aromatic carbocycles. The lowest BCUT2D eigenvalue weighted by atomic mass is 10.1. The predicted molar refractivity (Wildman–Crippen MR) is 98.6 cm³/mol. The van der Waals surface area contributed by atoms with Gasteiger partial charge in [0.05, 0.1) is 22.9 Å². The Balaban J connectivity index is 1.88. The number of rotatable bonds is 5. The van der Waals surface area contributed by atoms with Gasteiger partial charge in [0.25, 0.3) is 0 Å². The Morgan fingerprint density at radius 2 is 2.08 bits per heavy atom. The summed E-state index contributed by atoms with van der Waals surface area (Å²) in [6.07, 6.45) is 1.65. The molecule has 7 heteroatoms. The minimum atomic E-state index is -0.502. The molecule has 0 aliphatic carbocycles. The lowest BCUT2D eigenvalue weighted by Gasteiger charge is -2.14. The van der Waals surface area contributed by atoms with Gasteiger partial charge in [0.1, 0.15) is 12.4 Å². The van der Waals surface area contributed by atoms with Gasteiger partial charge in [-0.05, 0) is 52.7 Å². The highest BCUT2D eigenvalue weighted by molar-refractivity contribution is 9.10. The van der Waals surface area contributed by atoms with Crippen LogP contribution in [-0.4, -0.2) is 18.8 Å². The molecular formula is C19H15BrFNO4. The van der Waals surface area contributed by atoms with Gasteiger partial charge < -0.3 is 14.3 Å². The standard InChI is InChI=1S/C19H15BrFNO4/c1-11-14(19(23)26-22-11)7-12-8-15(20)18(17(9-12)24-2)25-10-13-5-3-4-6-16(13)21/h3-9H,10H2,1-2H3/b14-7+. The van der Waals surface area contributed by atoms with Crippen molar-refractivity contribution in [3.05, 3.63) is 63.4 Å². The number of halogens is 2. The average Bonchev–Trinajstić information content (AvgIpc) is 2.93. The molecule has 0 amide bonds.